The highest BCUT2D eigenvalue weighted by molar-refractivity contribution is 5.38. The second-order valence-corrected chi connectivity index (χ2v) is 5.15. The molecule has 3 heteroatoms. The minimum Gasteiger partial charge on any atom is -0.496 e. The van der Waals surface area contributed by atoms with E-state index in [-0.39, 0.29) is 0 Å². The third kappa shape index (κ3) is 3.24. The first kappa shape index (κ1) is 13.4. The van der Waals surface area contributed by atoms with Gasteiger partial charge in [0.25, 0.3) is 0 Å². The molecule has 0 saturated heterocycles. The van der Waals surface area contributed by atoms with Crippen LogP contribution in [0, 0.1) is 6.92 Å². The van der Waals surface area contributed by atoms with Gasteiger partial charge in [-0.2, -0.15) is 0 Å². The molecule has 100 valence electrons. The second kappa shape index (κ2) is 6.21. The monoisotopic (exact) mass is 249 g/mol. The van der Waals surface area contributed by atoms with Gasteiger partial charge in [-0.1, -0.05) is 24.5 Å². The van der Waals surface area contributed by atoms with Crippen molar-refractivity contribution in [1.29, 1.82) is 0 Å². The molecule has 1 fully saturated rings. The zero-order chi connectivity index (χ0) is 13.0. The van der Waals surface area contributed by atoms with Crippen molar-refractivity contribution in [2.24, 2.45) is 0 Å². The molecule has 3 nitrogen and oxygen atoms in total. The van der Waals surface area contributed by atoms with Crippen molar-refractivity contribution in [2.75, 3.05) is 13.7 Å². The highest BCUT2D eigenvalue weighted by atomic mass is 16.5. The molecule has 0 radical (unpaired) electrons. The quantitative estimate of drug-likeness (QED) is 0.842. The summed E-state index contributed by atoms with van der Waals surface area (Å²) in [4.78, 5) is 0. The molecule has 1 unspecified atom stereocenters. The number of ether oxygens (including phenoxy) is 1. The number of nitrogens with one attached hydrogen (secondary N) is 1. The van der Waals surface area contributed by atoms with Crippen molar-refractivity contribution in [1.82, 2.24) is 5.32 Å². The highest BCUT2D eigenvalue weighted by Crippen LogP contribution is 2.26. The largest absolute Gasteiger partial charge is 0.496 e. The maximum Gasteiger partial charge on any atom is 0.124 e. The number of aliphatic hydroxyl groups excluding tert-OH is 1. The van der Waals surface area contributed by atoms with Crippen molar-refractivity contribution in [3.8, 4) is 5.75 Å². The van der Waals surface area contributed by atoms with Crippen LogP contribution in [0.2, 0.25) is 0 Å². The van der Waals surface area contributed by atoms with Crippen LogP contribution in [-0.2, 0) is 0 Å². The first-order chi connectivity index (χ1) is 8.70. The van der Waals surface area contributed by atoms with Gasteiger partial charge in [0.2, 0.25) is 0 Å². The Bertz CT molecular complexity index is 386. The fraction of sp³-hybridized carbons (Fsp3) is 0.600. The summed E-state index contributed by atoms with van der Waals surface area (Å²) in [6, 6.07) is 6.50. The lowest BCUT2D eigenvalue weighted by atomic mass is 10.0. The van der Waals surface area contributed by atoms with Gasteiger partial charge in [-0.05, 0) is 31.9 Å². The van der Waals surface area contributed by atoms with E-state index in [9.17, 15) is 5.11 Å². The van der Waals surface area contributed by atoms with E-state index in [1.165, 1.54) is 25.7 Å². The average Bonchev–Trinajstić information content (AvgIpc) is 2.89. The number of benzene rings is 1. The molecule has 1 aromatic rings. The third-order valence-electron chi connectivity index (χ3n) is 3.70. The van der Waals surface area contributed by atoms with Crippen molar-refractivity contribution in [3.05, 3.63) is 29.3 Å². The number of aliphatic hydroxyl groups is 1. The molecule has 0 amide bonds. The lowest BCUT2D eigenvalue weighted by Gasteiger charge is -2.18. The van der Waals surface area contributed by atoms with Crippen molar-refractivity contribution >= 4 is 0 Å². The molecule has 2 N–H and O–H groups in total. The summed E-state index contributed by atoms with van der Waals surface area (Å²) in [6.07, 6.45) is 4.58. The molecule has 0 heterocycles. The van der Waals surface area contributed by atoms with E-state index in [1.54, 1.807) is 7.11 Å². The van der Waals surface area contributed by atoms with Crippen molar-refractivity contribution < 1.29 is 9.84 Å². The fourth-order valence-corrected chi connectivity index (χ4v) is 2.63. The van der Waals surface area contributed by atoms with E-state index in [4.69, 9.17) is 4.74 Å². The number of hydrogen-bond acceptors (Lipinski definition) is 3. The Morgan fingerprint density at radius 3 is 2.78 bits per heavy atom. The van der Waals surface area contributed by atoms with Crippen LogP contribution >= 0.6 is 0 Å². The van der Waals surface area contributed by atoms with E-state index < -0.39 is 6.10 Å². The van der Waals surface area contributed by atoms with Crippen LogP contribution in [0.15, 0.2) is 18.2 Å². The van der Waals surface area contributed by atoms with E-state index in [2.05, 4.69) is 5.32 Å². The van der Waals surface area contributed by atoms with E-state index >= 15 is 0 Å². The SMILES string of the molecule is COc1ccc(C)cc1C(O)CNC1CCCC1. The van der Waals surface area contributed by atoms with Gasteiger partial charge in [0.1, 0.15) is 5.75 Å². The molecule has 0 aliphatic heterocycles. The second-order valence-electron chi connectivity index (χ2n) is 5.15. The van der Waals surface area contributed by atoms with Gasteiger partial charge in [0.15, 0.2) is 0 Å². The van der Waals surface area contributed by atoms with Gasteiger partial charge in [0.05, 0.1) is 13.2 Å². The predicted molar refractivity (Wildman–Crippen MR) is 72.9 cm³/mol. The van der Waals surface area contributed by atoms with Crippen LogP contribution in [0.25, 0.3) is 0 Å². The summed E-state index contributed by atoms with van der Waals surface area (Å²) in [5.41, 5.74) is 2.02. The summed E-state index contributed by atoms with van der Waals surface area (Å²) in [5.74, 6) is 0.765. The van der Waals surface area contributed by atoms with Gasteiger partial charge < -0.3 is 15.2 Å². The van der Waals surface area contributed by atoms with Crippen LogP contribution in [0.5, 0.6) is 5.75 Å². The Kier molecular flexibility index (Phi) is 4.61. The fourth-order valence-electron chi connectivity index (χ4n) is 2.63. The third-order valence-corrected chi connectivity index (χ3v) is 3.70. The van der Waals surface area contributed by atoms with Crippen LogP contribution < -0.4 is 10.1 Å². The molecule has 0 aromatic heterocycles. The van der Waals surface area contributed by atoms with E-state index in [0.717, 1.165) is 16.9 Å². The molecule has 1 aromatic carbocycles. The zero-order valence-electron chi connectivity index (χ0n) is 11.3. The molecule has 2 rings (SSSR count). The number of rotatable bonds is 5. The van der Waals surface area contributed by atoms with Crippen LogP contribution in [0.3, 0.4) is 0 Å². The molecule has 1 aliphatic carbocycles. The van der Waals surface area contributed by atoms with Gasteiger partial charge in [-0.15, -0.1) is 0 Å². The first-order valence-corrected chi connectivity index (χ1v) is 6.76. The van der Waals surface area contributed by atoms with Crippen molar-refractivity contribution in [2.45, 2.75) is 44.8 Å². The molecule has 1 aliphatic rings. The minimum atomic E-state index is -0.500. The van der Waals surface area contributed by atoms with Gasteiger partial charge in [-0.25, -0.2) is 0 Å². The van der Waals surface area contributed by atoms with Crippen LogP contribution in [0.4, 0.5) is 0 Å². The Morgan fingerprint density at radius 1 is 1.39 bits per heavy atom. The predicted octanol–water partition coefficient (Wildman–Crippen LogP) is 2.57. The Labute approximate surface area is 109 Å². The molecule has 1 saturated carbocycles. The number of aryl methyl sites for hydroxylation is 1. The van der Waals surface area contributed by atoms with Gasteiger partial charge in [0, 0.05) is 18.2 Å². The van der Waals surface area contributed by atoms with Crippen molar-refractivity contribution in [3.63, 3.8) is 0 Å². The maximum absolute atomic E-state index is 10.3. The minimum absolute atomic E-state index is 0.500. The van der Waals surface area contributed by atoms with Gasteiger partial charge >= 0.3 is 0 Å². The normalized spacial score (nSPS) is 17.9. The van der Waals surface area contributed by atoms with E-state index in [1.807, 2.05) is 25.1 Å². The van der Waals surface area contributed by atoms with Crippen LogP contribution in [0.1, 0.15) is 42.9 Å². The molecule has 1 atom stereocenters. The Balaban J connectivity index is 1.98. The maximum atomic E-state index is 10.3. The summed E-state index contributed by atoms with van der Waals surface area (Å²) in [5, 5.41) is 13.7. The first-order valence-electron chi connectivity index (χ1n) is 6.76. The molecular formula is C15H23NO2. The Hall–Kier alpha value is -1.06. The smallest absolute Gasteiger partial charge is 0.124 e. The number of hydrogen-bond donors (Lipinski definition) is 2. The lowest BCUT2D eigenvalue weighted by molar-refractivity contribution is 0.166. The molecule has 18 heavy (non-hydrogen) atoms. The molecule has 0 spiro atoms. The summed E-state index contributed by atoms with van der Waals surface area (Å²) < 4.78 is 5.31. The lowest BCUT2D eigenvalue weighted by Crippen LogP contribution is -2.30. The highest BCUT2D eigenvalue weighted by Gasteiger charge is 2.18. The number of methoxy groups -OCH3 is 1. The van der Waals surface area contributed by atoms with E-state index in [0.29, 0.717) is 12.6 Å². The van der Waals surface area contributed by atoms with Gasteiger partial charge in [-0.3, -0.25) is 0 Å². The topological polar surface area (TPSA) is 41.5 Å². The average molecular weight is 249 g/mol. The summed E-state index contributed by atoms with van der Waals surface area (Å²) >= 11 is 0. The Morgan fingerprint density at radius 2 is 2.11 bits per heavy atom. The molecule has 0 bridgehead atoms. The zero-order valence-corrected chi connectivity index (χ0v) is 11.3. The summed E-state index contributed by atoms with van der Waals surface area (Å²) in [6.45, 7) is 2.63. The summed E-state index contributed by atoms with van der Waals surface area (Å²) in [7, 11) is 1.64. The van der Waals surface area contributed by atoms with Crippen LogP contribution in [-0.4, -0.2) is 24.8 Å². The standard InChI is InChI=1S/C15H23NO2/c1-11-7-8-15(18-2)13(9-11)14(17)10-16-12-5-3-4-6-12/h7-9,12,14,16-17H,3-6,10H2,1-2H3. The molecular weight excluding hydrogens is 226 g/mol.